The molecule has 1 aromatic rings. The number of nitrogens with zero attached hydrogens (tertiary/aromatic N) is 1. The maximum absolute atomic E-state index is 9.75. The summed E-state index contributed by atoms with van der Waals surface area (Å²) in [5, 5.41) is 12.9. The molecule has 2 N–H and O–H groups in total. The summed E-state index contributed by atoms with van der Waals surface area (Å²) >= 11 is 0. The number of aliphatic hydroxyl groups excluding tert-OH is 1. The molecule has 0 aliphatic carbocycles. The van der Waals surface area contributed by atoms with Crippen LogP contribution < -0.4 is 5.32 Å². The molecule has 19 heavy (non-hydrogen) atoms. The van der Waals surface area contributed by atoms with Gasteiger partial charge >= 0.3 is 0 Å². The van der Waals surface area contributed by atoms with E-state index in [0.717, 1.165) is 25.1 Å². The molecule has 2 rings (SSSR count). The summed E-state index contributed by atoms with van der Waals surface area (Å²) in [4.78, 5) is 4.20. The molecule has 0 spiro atoms. The molecule has 2 atom stereocenters. The van der Waals surface area contributed by atoms with Crippen LogP contribution in [0.2, 0.25) is 0 Å². The molecule has 1 fully saturated rings. The third-order valence-corrected chi connectivity index (χ3v) is 3.05. The molecular weight excluding hydrogens is 244 g/mol. The van der Waals surface area contributed by atoms with Gasteiger partial charge in [-0.05, 0) is 25.0 Å². The summed E-state index contributed by atoms with van der Waals surface area (Å²) < 4.78 is 10.9. The van der Waals surface area contributed by atoms with Gasteiger partial charge in [0.25, 0.3) is 0 Å². The lowest BCUT2D eigenvalue weighted by Gasteiger charge is -2.14. The highest BCUT2D eigenvalue weighted by molar-refractivity contribution is 5.02. The highest BCUT2D eigenvalue weighted by Crippen LogP contribution is 2.11. The van der Waals surface area contributed by atoms with Crippen LogP contribution in [0.4, 0.5) is 0 Å². The average molecular weight is 266 g/mol. The molecule has 1 aliphatic rings. The lowest BCUT2D eigenvalue weighted by molar-refractivity contribution is -0.0164. The minimum Gasteiger partial charge on any atom is -0.389 e. The first kappa shape index (κ1) is 14.4. The molecule has 0 bridgehead atoms. The minimum atomic E-state index is -0.495. The maximum atomic E-state index is 9.75. The first-order valence-electron chi connectivity index (χ1n) is 6.82. The number of hydrogen-bond donors (Lipinski definition) is 2. The van der Waals surface area contributed by atoms with E-state index in [-0.39, 0.29) is 6.10 Å². The van der Waals surface area contributed by atoms with Gasteiger partial charge in [0.05, 0.1) is 31.1 Å². The Morgan fingerprint density at radius 2 is 2.47 bits per heavy atom. The Balaban J connectivity index is 1.51. The van der Waals surface area contributed by atoms with Gasteiger partial charge in [-0.3, -0.25) is 4.98 Å². The van der Waals surface area contributed by atoms with E-state index in [0.29, 0.717) is 26.3 Å². The number of aliphatic hydroxyl groups is 1. The fourth-order valence-corrected chi connectivity index (χ4v) is 2.04. The van der Waals surface area contributed by atoms with E-state index >= 15 is 0 Å². The van der Waals surface area contributed by atoms with Crippen molar-refractivity contribution in [3.63, 3.8) is 0 Å². The lowest BCUT2D eigenvalue weighted by Crippen LogP contribution is -2.31. The molecule has 2 unspecified atom stereocenters. The molecule has 2 heterocycles. The highest BCUT2D eigenvalue weighted by Gasteiger charge is 2.15. The van der Waals surface area contributed by atoms with Gasteiger partial charge in [-0.1, -0.05) is 6.07 Å². The molecule has 106 valence electrons. The number of nitrogens with one attached hydrogen (secondary N) is 1. The van der Waals surface area contributed by atoms with Crippen molar-refractivity contribution in [3.8, 4) is 0 Å². The third kappa shape index (κ3) is 5.65. The summed E-state index contributed by atoms with van der Waals surface area (Å²) in [6.45, 7) is 2.92. The Morgan fingerprint density at radius 1 is 1.53 bits per heavy atom. The standard InChI is InChI=1S/C14H22N2O3/c17-13(10-18-11-14-5-3-7-19-14)9-15-8-12-4-1-2-6-16-12/h1-2,4,6,13-15,17H,3,5,7-11H2. The molecule has 5 heteroatoms. The average Bonchev–Trinajstić information content (AvgIpc) is 2.93. The van der Waals surface area contributed by atoms with Crippen molar-refractivity contribution in [1.82, 2.24) is 10.3 Å². The van der Waals surface area contributed by atoms with Gasteiger partial charge in [-0.25, -0.2) is 0 Å². The van der Waals surface area contributed by atoms with Gasteiger partial charge in [0.2, 0.25) is 0 Å². The Hall–Kier alpha value is -1.01. The first-order valence-corrected chi connectivity index (χ1v) is 6.82. The van der Waals surface area contributed by atoms with Crippen molar-refractivity contribution < 1.29 is 14.6 Å². The number of hydrogen-bond acceptors (Lipinski definition) is 5. The zero-order valence-electron chi connectivity index (χ0n) is 11.1. The molecule has 1 saturated heterocycles. The Morgan fingerprint density at radius 3 is 3.21 bits per heavy atom. The van der Waals surface area contributed by atoms with E-state index in [2.05, 4.69) is 10.3 Å². The largest absolute Gasteiger partial charge is 0.389 e. The second kappa shape index (κ2) is 8.22. The maximum Gasteiger partial charge on any atom is 0.0897 e. The molecule has 0 radical (unpaired) electrons. The van der Waals surface area contributed by atoms with Crippen LogP contribution in [0.25, 0.3) is 0 Å². The predicted octanol–water partition coefficient (Wildman–Crippen LogP) is 0.728. The second-order valence-corrected chi connectivity index (χ2v) is 4.78. The first-order chi connectivity index (χ1) is 9.34. The van der Waals surface area contributed by atoms with Crippen LogP contribution in [-0.2, 0) is 16.0 Å². The number of aromatic nitrogens is 1. The molecule has 1 aliphatic heterocycles. The van der Waals surface area contributed by atoms with Crippen molar-refractivity contribution in [2.45, 2.75) is 31.6 Å². The minimum absolute atomic E-state index is 0.216. The van der Waals surface area contributed by atoms with Crippen molar-refractivity contribution in [2.75, 3.05) is 26.4 Å². The Labute approximate surface area is 114 Å². The van der Waals surface area contributed by atoms with Gasteiger partial charge in [-0.15, -0.1) is 0 Å². The topological polar surface area (TPSA) is 63.6 Å². The van der Waals surface area contributed by atoms with E-state index in [1.165, 1.54) is 0 Å². The molecule has 1 aromatic heterocycles. The lowest BCUT2D eigenvalue weighted by atomic mass is 10.2. The van der Waals surface area contributed by atoms with E-state index in [1.807, 2.05) is 18.2 Å². The normalized spacial score (nSPS) is 20.6. The van der Waals surface area contributed by atoms with E-state index in [4.69, 9.17) is 9.47 Å². The van der Waals surface area contributed by atoms with Crippen LogP contribution >= 0.6 is 0 Å². The van der Waals surface area contributed by atoms with E-state index < -0.39 is 6.10 Å². The van der Waals surface area contributed by atoms with Gasteiger partial charge in [0.15, 0.2) is 0 Å². The predicted molar refractivity (Wildman–Crippen MR) is 71.7 cm³/mol. The zero-order chi connectivity index (χ0) is 13.3. The van der Waals surface area contributed by atoms with Crippen molar-refractivity contribution in [2.24, 2.45) is 0 Å². The van der Waals surface area contributed by atoms with Crippen LogP contribution in [0.3, 0.4) is 0 Å². The highest BCUT2D eigenvalue weighted by atomic mass is 16.5. The van der Waals surface area contributed by atoms with Gasteiger partial charge in [-0.2, -0.15) is 0 Å². The van der Waals surface area contributed by atoms with Gasteiger partial charge in [0, 0.05) is 25.9 Å². The fourth-order valence-electron chi connectivity index (χ4n) is 2.04. The SMILES string of the molecule is OC(CNCc1ccccn1)COCC1CCCO1. The van der Waals surface area contributed by atoms with Crippen LogP contribution in [0.5, 0.6) is 0 Å². The summed E-state index contributed by atoms with van der Waals surface area (Å²) in [5.74, 6) is 0. The van der Waals surface area contributed by atoms with E-state index in [1.54, 1.807) is 6.20 Å². The summed E-state index contributed by atoms with van der Waals surface area (Å²) in [6.07, 6.45) is 3.66. The van der Waals surface area contributed by atoms with Crippen LogP contribution in [-0.4, -0.2) is 48.7 Å². The third-order valence-electron chi connectivity index (χ3n) is 3.05. The summed E-state index contributed by atoms with van der Waals surface area (Å²) in [7, 11) is 0. The fraction of sp³-hybridized carbons (Fsp3) is 0.643. The van der Waals surface area contributed by atoms with Gasteiger partial charge in [0.1, 0.15) is 0 Å². The summed E-state index contributed by atoms with van der Waals surface area (Å²) in [6, 6.07) is 5.79. The second-order valence-electron chi connectivity index (χ2n) is 4.78. The monoisotopic (exact) mass is 266 g/mol. The van der Waals surface area contributed by atoms with Gasteiger partial charge < -0.3 is 19.9 Å². The van der Waals surface area contributed by atoms with Crippen LogP contribution in [0.1, 0.15) is 18.5 Å². The molecule has 0 saturated carbocycles. The van der Waals surface area contributed by atoms with Crippen LogP contribution in [0.15, 0.2) is 24.4 Å². The Bertz CT molecular complexity index is 342. The number of ether oxygens (including phenoxy) is 2. The summed E-state index contributed by atoms with van der Waals surface area (Å²) in [5.41, 5.74) is 0.968. The zero-order valence-corrected chi connectivity index (χ0v) is 11.1. The van der Waals surface area contributed by atoms with Crippen molar-refractivity contribution in [3.05, 3.63) is 30.1 Å². The smallest absolute Gasteiger partial charge is 0.0897 e. The van der Waals surface area contributed by atoms with E-state index in [9.17, 15) is 5.11 Å². The van der Waals surface area contributed by atoms with Crippen LogP contribution in [0, 0.1) is 0 Å². The molecule has 0 amide bonds. The molecular formula is C14H22N2O3. The Kier molecular flexibility index (Phi) is 6.23. The quantitative estimate of drug-likeness (QED) is 0.726. The van der Waals surface area contributed by atoms with Crippen molar-refractivity contribution >= 4 is 0 Å². The van der Waals surface area contributed by atoms with Crippen molar-refractivity contribution in [1.29, 1.82) is 0 Å². The number of rotatable bonds is 8. The molecule has 5 nitrogen and oxygen atoms in total. The number of pyridine rings is 1. The molecule has 0 aromatic carbocycles.